The Bertz CT molecular complexity index is 1240. The molecule has 2 aromatic carbocycles. The summed E-state index contributed by atoms with van der Waals surface area (Å²) >= 11 is 0. The molecule has 2 rings (SSSR count). The number of carbonyl (C=O) groups is 2. The molecule has 0 atom stereocenters. The number of hydrogen-bond donors (Lipinski definition) is 0. The van der Waals surface area contributed by atoms with Crippen LogP contribution in [-0.2, 0) is 9.59 Å². The maximum atomic E-state index is 12.5. The van der Waals surface area contributed by atoms with E-state index in [9.17, 15) is 9.59 Å². The van der Waals surface area contributed by atoms with E-state index in [0.29, 0.717) is 47.6 Å². The van der Waals surface area contributed by atoms with Crippen LogP contribution in [0.4, 0.5) is 0 Å². The second kappa shape index (κ2) is 20.2. The molecule has 0 saturated carbocycles. The molecule has 0 heterocycles. The van der Waals surface area contributed by atoms with Gasteiger partial charge in [-0.1, -0.05) is 49.3 Å². The summed E-state index contributed by atoms with van der Waals surface area (Å²) in [5.74, 6) is 3.19. The number of rotatable bonds is 19. The SMILES string of the molecule is COc1cc(C=CC=CC(=O)N(C)CCCCCCN(C)C(=O)C=CC=Cc2cc(OC)c(OC)c(OC)c2)cc(OC)c1OC. The van der Waals surface area contributed by atoms with E-state index in [1.54, 1.807) is 103 Å². The molecule has 0 aromatic heterocycles. The Balaban J connectivity index is 1.70. The number of ether oxygens (including phenoxy) is 6. The normalized spacial score (nSPS) is 11.4. The fourth-order valence-corrected chi connectivity index (χ4v) is 4.53. The molecule has 0 aliphatic rings. The summed E-state index contributed by atoms with van der Waals surface area (Å²) in [5, 5.41) is 0. The lowest BCUT2D eigenvalue weighted by Crippen LogP contribution is -2.26. The molecule has 0 unspecified atom stereocenters. The topological polar surface area (TPSA) is 96.0 Å². The summed E-state index contributed by atoms with van der Waals surface area (Å²) in [4.78, 5) is 28.4. The van der Waals surface area contributed by atoms with Gasteiger partial charge in [-0.15, -0.1) is 0 Å². The summed E-state index contributed by atoms with van der Waals surface area (Å²) in [6.07, 6.45) is 17.6. The van der Waals surface area contributed by atoms with E-state index in [0.717, 1.165) is 36.8 Å². The highest BCUT2D eigenvalue weighted by molar-refractivity contribution is 5.88. The molecule has 0 aliphatic carbocycles. The zero-order valence-electron chi connectivity index (χ0n) is 28.3. The van der Waals surface area contributed by atoms with Crippen molar-refractivity contribution in [2.24, 2.45) is 0 Å². The van der Waals surface area contributed by atoms with E-state index < -0.39 is 0 Å². The van der Waals surface area contributed by atoms with Gasteiger partial charge in [0.1, 0.15) is 0 Å². The molecule has 0 fully saturated rings. The quantitative estimate of drug-likeness (QED) is 0.104. The predicted molar refractivity (Wildman–Crippen MR) is 182 cm³/mol. The van der Waals surface area contributed by atoms with Gasteiger partial charge in [0.05, 0.1) is 42.7 Å². The Morgan fingerprint density at radius 2 is 0.848 bits per heavy atom. The Hall–Kier alpha value is -4.86. The number of methoxy groups -OCH3 is 6. The zero-order valence-corrected chi connectivity index (χ0v) is 28.3. The molecule has 2 amide bonds. The molecule has 0 saturated heterocycles. The number of nitrogens with zero attached hydrogens (tertiary/aromatic N) is 2. The van der Waals surface area contributed by atoms with Crippen LogP contribution in [0.15, 0.2) is 60.7 Å². The van der Waals surface area contributed by atoms with Crippen LogP contribution in [0.3, 0.4) is 0 Å². The predicted octanol–water partition coefficient (Wildman–Crippen LogP) is 6.05. The molecule has 0 aliphatic heterocycles. The summed E-state index contributed by atoms with van der Waals surface area (Å²) in [5.41, 5.74) is 1.71. The van der Waals surface area contributed by atoms with Crippen molar-refractivity contribution >= 4 is 24.0 Å². The van der Waals surface area contributed by atoms with Crippen molar-refractivity contribution in [1.82, 2.24) is 9.80 Å². The number of carbonyl (C=O) groups excluding carboxylic acids is 2. The molecule has 0 bridgehead atoms. The Morgan fingerprint density at radius 1 is 0.522 bits per heavy atom. The van der Waals surface area contributed by atoms with E-state index in [1.807, 2.05) is 36.4 Å². The number of allylic oxidation sites excluding steroid dienone is 4. The highest BCUT2D eigenvalue weighted by Gasteiger charge is 2.13. The molecule has 2 aromatic rings. The Morgan fingerprint density at radius 3 is 1.13 bits per heavy atom. The molecule has 0 N–H and O–H groups in total. The van der Waals surface area contributed by atoms with Gasteiger partial charge in [-0.05, 0) is 48.2 Å². The van der Waals surface area contributed by atoms with Crippen LogP contribution in [0.2, 0.25) is 0 Å². The highest BCUT2D eigenvalue weighted by atomic mass is 16.5. The van der Waals surface area contributed by atoms with Crippen molar-refractivity contribution in [3.8, 4) is 34.5 Å². The summed E-state index contributed by atoms with van der Waals surface area (Å²) in [6.45, 7) is 1.32. The molecular formula is C36H48N2O8. The second-order valence-corrected chi connectivity index (χ2v) is 10.3. The lowest BCUT2D eigenvalue weighted by Gasteiger charge is -2.16. The number of likely N-dealkylation sites (N-methyl/N-ethyl adjacent to an activating group) is 2. The van der Waals surface area contributed by atoms with Gasteiger partial charge < -0.3 is 38.2 Å². The average Bonchev–Trinajstić information content (AvgIpc) is 3.08. The number of amides is 2. The van der Waals surface area contributed by atoms with E-state index in [4.69, 9.17) is 28.4 Å². The molecule has 10 nitrogen and oxygen atoms in total. The Labute approximate surface area is 273 Å². The van der Waals surface area contributed by atoms with Gasteiger partial charge in [0.2, 0.25) is 23.3 Å². The van der Waals surface area contributed by atoms with Crippen LogP contribution in [0.1, 0.15) is 36.8 Å². The molecule has 10 heteroatoms. The molecule has 0 spiro atoms. The monoisotopic (exact) mass is 636 g/mol. The van der Waals surface area contributed by atoms with Crippen LogP contribution in [0.25, 0.3) is 12.2 Å². The van der Waals surface area contributed by atoms with Crippen LogP contribution in [-0.4, -0.2) is 91.5 Å². The standard InChI is InChI=1S/C36H48N2O8/c1-37(33(39)19-13-11-17-27-23-29(41-3)35(45-7)30(24-27)42-4)21-15-9-10-16-22-38(2)34(40)20-14-12-18-28-25-31(43-5)36(46-8)32(26-28)44-6/h11-14,17-20,23-26H,9-10,15-16,21-22H2,1-8H3. The van der Waals surface area contributed by atoms with E-state index in [-0.39, 0.29) is 11.8 Å². The molecule has 250 valence electrons. The first-order chi connectivity index (χ1) is 22.2. The zero-order chi connectivity index (χ0) is 33.9. The van der Waals surface area contributed by atoms with Crippen LogP contribution in [0.5, 0.6) is 34.5 Å². The largest absolute Gasteiger partial charge is 0.493 e. The van der Waals surface area contributed by atoms with Crippen molar-refractivity contribution in [1.29, 1.82) is 0 Å². The molecule has 46 heavy (non-hydrogen) atoms. The summed E-state index contributed by atoms with van der Waals surface area (Å²) < 4.78 is 32.2. The third-order valence-corrected chi connectivity index (χ3v) is 7.14. The minimum Gasteiger partial charge on any atom is -0.493 e. The first-order valence-electron chi connectivity index (χ1n) is 15.0. The van der Waals surface area contributed by atoms with Gasteiger partial charge in [0.25, 0.3) is 0 Å². The van der Waals surface area contributed by atoms with Gasteiger partial charge in [-0.2, -0.15) is 0 Å². The summed E-state index contributed by atoms with van der Waals surface area (Å²) in [6, 6.07) is 7.34. The van der Waals surface area contributed by atoms with Crippen LogP contribution < -0.4 is 28.4 Å². The lowest BCUT2D eigenvalue weighted by molar-refractivity contribution is -0.125. The van der Waals surface area contributed by atoms with Gasteiger partial charge in [-0.3, -0.25) is 9.59 Å². The minimum atomic E-state index is -0.0639. The highest BCUT2D eigenvalue weighted by Crippen LogP contribution is 2.39. The van der Waals surface area contributed by atoms with Crippen molar-refractivity contribution in [2.45, 2.75) is 25.7 Å². The van der Waals surface area contributed by atoms with Gasteiger partial charge in [0, 0.05) is 39.3 Å². The van der Waals surface area contributed by atoms with Crippen molar-refractivity contribution in [2.75, 3.05) is 69.8 Å². The van der Waals surface area contributed by atoms with Crippen molar-refractivity contribution in [3.63, 3.8) is 0 Å². The van der Waals surface area contributed by atoms with Crippen molar-refractivity contribution in [3.05, 3.63) is 71.8 Å². The number of unbranched alkanes of at least 4 members (excludes halogenated alkanes) is 3. The summed E-state index contributed by atoms with van der Waals surface area (Å²) in [7, 11) is 13.0. The molecule has 0 radical (unpaired) electrons. The maximum Gasteiger partial charge on any atom is 0.246 e. The minimum absolute atomic E-state index is 0.0639. The second-order valence-electron chi connectivity index (χ2n) is 10.3. The average molecular weight is 637 g/mol. The van der Waals surface area contributed by atoms with E-state index >= 15 is 0 Å². The van der Waals surface area contributed by atoms with E-state index in [2.05, 4.69) is 0 Å². The third-order valence-electron chi connectivity index (χ3n) is 7.14. The smallest absolute Gasteiger partial charge is 0.246 e. The lowest BCUT2D eigenvalue weighted by atomic mass is 10.1. The fourth-order valence-electron chi connectivity index (χ4n) is 4.53. The van der Waals surface area contributed by atoms with Crippen LogP contribution >= 0.6 is 0 Å². The van der Waals surface area contributed by atoms with Gasteiger partial charge >= 0.3 is 0 Å². The Kier molecular flexibility index (Phi) is 16.4. The number of hydrogen-bond acceptors (Lipinski definition) is 8. The van der Waals surface area contributed by atoms with Gasteiger partial charge in [0.15, 0.2) is 23.0 Å². The fraction of sp³-hybridized carbons (Fsp3) is 0.389. The first-order valence-corrected chi connectivity index (χ1v) is 15.0. The van der Waals surface area contributed by atoms with Crippen molar-refractivity contribution < 1.29 is 38.0 Å². The number of benzene rings is 2. The van der Waals surface area contributed by atoms with Gasteiger partial charge in [-0.25, -0.2) is 0 Å². The first kappa shape index (κ1) is 37.3. The molecular weight excluding hydrogens is 588 g/mol. The van der Waals surface area contributed by atoms with Crippen LogP contribution in [0, 0.1) is 0 Å². The maximum absolute atomic E-state index is 12.5. The third kappa shape index (κ3) is 11.6. The van der Waals surface area contributed by atoms with E-state index in [1.165, 1.54) is 0 Å².